The Morgan fingerprint density at radius 2 is 1.93 bits per heavy atom. The van der Waals surface area contributed by atoms with Crippen LogP contribution in [-0.2, 0) is 6.54 Å². The van der Waals surface area contributed by atoms with E-state index in [1.54, 1.807) is 6.20 Å². The molecule has 8 heteroatoms. The molecule has 0 amide bonds. The molecule has 0 atom stereocenters. The van der Waals surface area contributed by atoms with E-state index in [1.165, 1.54) is 37.6 Å². The summed E-state index contributed by atoms with van der Waals surface area (Å²) in [6.07, 6.45) is 16.2. The molecule has 5 heterocycles. The number of nitrogens with zero attached hydrogens (tertiary/aromatic N) is 8. The Kier molecular flexibility index (Phi) is 4.07. The first kappa shape index (κ1) is 17.3. The number of hydrogen-bond donors (Lipinski definition) is 0. The molecule has 30 heavy (non-hydrogen) atoms. The number of aromatic nitrogens is 8. The van der Waals surface area contributed by atoms with Gasteiger partial charge in [0.15, 0.2) is 5.65 Å². The summed E-state index contributed by atoms with van der Waals surface area (Å²) in [5.41, 5.74) is 5.32. The van der Waals surface area contributed by atoms with Crippen LogP contribution in [0.4, 0.5) is 0 Å². The SMILES string of the molecule is c1cc2ccc(Cn3nnc4ncc(-c5cnn(C6CCCCC6)c5)nc43)cn2c1. The van der Waals surface area contributed by atoms with Crippen LogP contribution < -0.4 is 0 Å². The normalized spacial score (nSPS) is 15.3. The first-order valence-corrected chi connectivity index (χ1v) is 10.5. The minimum Gasteiger partial charge on any atom is -0.324 e. The maximum absolute atomic E-state index is 4.83. The van der Waals surface area contributed by atoms with Crippen molar-refractivity contribution in [1.29, 1.82) is 0 Å². The third-order valence-electron chi connectivity index (χ3n) is 5.99. The van der Waals surface area contributed by atoms with E-state index in [9.17, 15) is 0 Å². The van der Waals surface area contributed by atoms with Crippen LogP contribution in [0.1, 0.15) is 43.7 Å². The smallest absolute Gasteiger partial charge is 0.221 e. The average Bonchev–Trinajstić information content (AvgIpc) is 3.54. The van der Waals surface area contributed by atoms with Gasteiger partial charge in [-0.2, -0.15) is 5.10 Å². The predicted octanol–water partition coefficient (Wildman–Crippen LogP) is 3.89. The third kappa shape index (κ3) is 3.04. The number of pyridine rings is 1. The summed E-state index contributed by atoms with van der Waals surface area (Å²) in [5.74, 6) is 0. The summed E-state index contributed by atoms with van der Waals surface area (Å²) in [5, 5.41) is 13.1. The summed E-state index contributed by atoms with van der Waals surface area (Å²) in [6.45, 7) is 0.587. The van der Waals surface area contributed by atoms with Gasteiger partial charge in [-0.1, -0.05) is 30.5 Å². The van der Waals surface area contributed by atoms with E-state index in [1.807, 2.05) is 23.1 Å². The number of hydrogen-bond acceptors (Lipinski definition) is 5. The topological polar surface area (TPSA) is 78.7 Å². The Labute approximate surface area is 173 Å². The Bertz CT molecular complexity index is 1320. The molecule has 8 nitrogen and oxygen atoms in total. The minimum atomic E-state index is 0.500. The Morgan fingerprint density at radius 3 is 2.87 bits per heavy atom. The summed E-state index contributed by atoms with van der Waals surface area (Å²) >= 11 is 0. The zero-order valence-corrected chi connectivity index (χ0v) is 16.6. The van der Waals surface area contributed by atoms with E-state index in [4.69, 9.17) is 4.98 Å². The molecule has 0 N–H and O–H groups in total. The summed E-state index contributed by atoms with van der Waals surface area (Å²) in [7, 11) is 0. The van der Waals surface area contributed by atoms with Crippen LogP contribution in [0.25, 0.3) is 28.1 Å². The molecule has 0 aromatic carbocycles. The number of fused-ring (bicyclic) bond motifs is 2. The van der Waals surface area contributed by atoms with Crippen LogP contribution in [0, 0.1) is 0 Å². The molecule has 0 unspecified atom stereocenters. The van der Waals surface area contributed by atoms with E-state index in [-0.39, 0.29) is 0 Å². The lowest BCUT2D eigenvalue weighted by molar-refractivity contribution is 0.329. The van der Waals surface area contributed by atoms with Crippen molar-refractivity contribution < 1.29 is 0 Å². The van der Waals surface area contributed by atoms with Gasteiger partial charge in [-0.15, -0.1) is 5.10 Å². The first-order chi connectivity index (χ1) is 14.8. The third-order valence-corrected chi connectivity index (χ3v) is 5.99. The molecule has 5 aromatic rings. The van der Waals surface area contributed by atoms with Gasteiger partial charge in [0.1, 0.15) is 0 Å². The van der Waals surface area contributed by atoms with Crippen LogP contribution in [-0.4, -0.2) is 39.1 Å². The molecular weight excluding hydrogens is 376 g/mol. The second kappa shape index (κ2) is 7.05. The lowest BCUT2D eigenvalue weighted by Crippen LogP contribution is -2.12. The second-order valence-electron chi connectivity index (χ2n) is 8.03. The summed E-state index contributed by atoms with van der Waals surface area (Å²) in [4.78, 5) is 9.31. The molecule has 0 aliphatic heterocycles. The monoisotopic (exact) mass is 398 g/mol. The van der Waals surface area contributed by atoms with Crippen molar-refractivity contribution in [3.05, 3.63) is 60.8 Å². The fourth-order valence-corrected chi connectivity index (χ4v) is 4.36. The van der Waals surface area contributed by atoms with Crippen molar-refractivity contribution in [2.24, 2.45) is 0 Å². The van der Waals surface area contributed by atoms with Crippen LogP contribution >= 0.6 is 0 Å². The van der Waals surface area contributed by atoms with Crippen LogP contribution in [0.15, 0.2) is 55.2 Å². The van der Waals surface area contributed by atoms with Gasteiger partial charge < -0.3 is 4.40 Å². The highest BCUT2D eigenvalue weighted by atomic mass is 15.5. The quantitative estimate of drug-likeness (QED) is 0.459. The number of rotatable bonds is 4. The predicted molar refractivity (Wildman–Crippen MR) is 113 cm³/mol. The largest absolute Gasteiger partial charge is 0.324 e. The van der Waals surface area contributed by atoms with E-state index >= 15 is 0 Å². The highest BCUT2D eigenvalue weighted by Crippen LogP contribution is 2.29. The van der Waals surface area contributed by atoms with Gasteiger partial charge in [0.05, 0.1) is 30.7 Å². The fourth-order valence-electron chi connectivity index (χ4n) is 4.36. The first-order valence-electron chi connectivity index (χ1n) is 10.5. The Hall–Kier alpha value is -3.55. The molecule has 0 spiro atoms. The van der Waals surface area contributed by atoms with Crippen LogP contribution in [0.3, 0.4) is 0 Å². The van der Waals surface area contributed by atoms with E-state index in [0.717, 1.165) is 16.8 Å². The van der Waals surface area contributed by atoms with Gasteiger partial charge in [0.2, 0.25) is 5.65 Å². The molecular formula is C22H22N8. The molecule has 0 radical (unpaired) electrons. The van der Waals surface area contributed by atoms with Gasteiger partial charge in [0, 0.05) is 29.7 Å². The molecule has 5 aromatic heterocycles. The van der Waals surface area contributed by atoms with Crippen LogP contribution in [0.5, 0.6) is 0 Å². The molecule has 1 aliphatic carbocycles. The van der Waals surface area contributed by atoms with E-state index in [2.05, 4.69) is 60.1 Å². The van der Waals surface area contributed by atoms with Crippen LogP contribution in [0.2, 0.25) is 0 Å². The molecule has 6 rings (SSSR count). The van der Waals surface area contributed by atoms with Gasteiger partial charge in [-0.05, 0) is 36.6 Å². The maximum Gasteiger partial charge on any atom is 0.221 e. The minimum absolute atomic E-state index is 0.500. The average molecular weight is 398 g/mol. The van der Waals surface area contributed by atoms with Crippen molar-refractivity contribution >= 4 is 16.8 Å². The van der Waals surface area contributed by atoms with Crippen molar-refractivity contribution in [3.8, 4) is 11.3 Å². The van der Waals surface area contributed by atoms with Gasteiger partial charge in [0.25, 0.3) is 0 Å². The van der Waals surface area contributed by atoms with Crippen molar-refractivity contribution in [2.45, 2.75) is 44.7 Å². The lowest BCUT2D eigenvalue weighted by atomic mass is 9.96. The Balaban J connectivity index is 1.31. The van der Waals surface area contributed by atoms with E-state index < -0.39 is 0 Å². The molecule has 0 saturated heterocycles. The molecule has 1 saturated carbocycles. The summed E-state index contributed by atoms with van der Waals surface area (Å²) in [6, 6.07) is 8.83. The zero-order valence-electron chi connectivity index (χ0n) is 16.6. The van der Waals surface area contributed by atoms with Crippen molar-refractivity contribution in [3.63, 3.8) is 0 Å². The Morgan fingerprint density at radius 1 is 1.00 bits per heavy atom. The maximum atomic E-state index is 4.83. The highest BCUT2D eigenvalue weighted by Gasteiger charge is 2.17. The van der Waals surface area contributed by atoms with Gasteiger partial charge in [-0.3, -0.25) is 4.68 Å². The van der Waals surface area contributed by atoms with Crippen molar-refractivity contribution in [1.82, 2.24) is 39.1 Å². The second-order valence-corrected chi connectivity index (χ2v) is 8.03. The molecule has 0 bridgehead atoms. The van der Waals surface area contributed by atoms with E-state index in [0.29, 0.717) is 23.9 Å². The lowest BCUT2D eigenvalue weighted by Gasteiger charge is -2.21. The molecule has 1 aliphatic rings. The summed E-state index contributed by atoms with van der Waals surface area (Å²) < 4.78 is 6.01. The van der Waals surface area contributed by atoms with Gasteiger partial charge >= 0.3 is 0 Å². The highest BCUT2D eigenvalue weighted by molar-refractivity contribution is 5.69. The standard InChI is InChI=1S/C22H22N8/c1-2-5-19(6-3-1)29-15-17(11-24-29)20-12-23-21-22(25-20)30(27-26-21)14-16-8-9-18-7-4-10-28(18)13-16/h4,7-13,15,19H,1-3,5-6,14H2. The zero-order chi connectivity index (χ0) is 19.9. The van der Waals surface area contributed by atoms with Gasteiger partial charge in [-0.25, -0.2) is 14.6 Å². The van der Waals surface area contributed by atoms with Crippen molar-refractivity contribution in [2.75, 3.05) is 0 Å². The fraction of sp³-hybridized carbons (Fsp3) is 0.318. The molecule has 150 valence electrons. The molecule has 1 fully saturated rings.